The SMILES string of the molecule is Nc1ccc(I)cc1C1CCCNC1. The van der Waals surface area contributed by atoms with Gasteiger partial charge >= 0.3 is 0 Å². The van der Waals surface area contributed by atoms with Crippen LogP contribution in [0.15, 0.2) is 18.2 Å². The van der Waals surface area contributed by atoms with E-state index in [9.17, 15) is 0 Å². The van der Waals surface area contributed by atoms with E-state index in [2.05, 4.69) is 40.0 Å². The topological polar surface area (TPSA) is 38.0 Å². The van der Waals surface area contributed by atoms with Gasteiger partial charge in [-0.3, -0.25) is 0 Å². The lowest BCUT2D eigenvalue weighted by Crippen LogP contribution is -2.28. The Balaban J connectivity index is 2.24. The standard InChI is InChI=1S/C11H15IN2/c12-9-3-4-11(13)10(6-9)8-2-1-5-14-7-8/h3-4,6,8,14H,1-2,5,7,13H2. The lowest BCUT2D eigenvalue weighted by Gasteiger charge is -2.24. The van der Waals surface area contributed by atoms with Gasteiger partial charge in [-0.2, -0.15) is 0 Å². The smallest absolute Gasteiger partial charge is 0.0350 e. The Morgan fingerprint density at radius 3 is 3.00 bits per heavy atom. The molecule has 0 radical (unpaired) electrons. The van der Waals surface area contributed by atoms with E-state index in [1.807, 2.05) is 6.07 Å². The minimum Gasteiger partial charge on any atom is -0.398 e. The van der Waals surface area contributed by atoms with E-state index < -0.39 is 0 Å². The van der Waals surface area contributed by atoms with Gasteiger partial charge in [-0.25, -0.2) is 0 Å². The third-order valence-corrected chi connectivity index (χ3v) is 3.46. The summed E-state index contributed by atoms with van der Waals surface area (Å²) in [5.74, 6) is 0.610. The molecule has 1 unspecified atom stereocenters. The van der Waals surface area contributed by atoms with Gasteiger partial charge < -0.3 is 11.1 Å². The highest BCUT2D eigenvalue weighted by atomic mass is 127. The molecule has 1 aliphatic rings. The molecule has 0 amide bonds. The third kappa shape index (κ3) is 2.20. The highest BCUT2D eigenvalue weighted by Crippen LogP contribution is 2.28. The summed E-state index contributed by atoms with van der Waals surface area (Å²) in [5.41, 5.74) is 8.26. The molecule has 0 saturated carbocycles. The lowest BCUT2D eigenvalue weighted by molar-refractivity contribution is 0.462. The van der Waals surface area contributed by atoms with Gasteiger partial charge in [-0.05, 0) is 71.7 Å². The Hall–Kier alpha value is -0.290. The van der Waals surface area contributed by atoms with Crippen molar-refractivity contribution in [2.75, 3.05) is 18.8 Å². The van der Waals surface area contributed by atoms with Crippen molar-refractivity contribution in [2.24, 2.45) is 0 Å². The van der Waals surface area contributed by atoms with Gasteiger partial charge in [0.15, 0.2) is 0 Å². The second-order valence-electron chi connectivity index (χ2n) is 3.82. The van der Waals surface area contributed by atoms with Gasteiger partial charge in [0.2, 0.25) is 0 Å². The van der Waals surface area contributed by atoms with Crippen molar-refractivity contribution >= 4 is 28.3 Å². The van der Waals surface area contributed by atoms with Crippen LogP contribution in [0.5, 0.6) is 0 Å². The van der Waals surface area contributed by atoms with Crippen LogP contribution in [0.25, 0.3) is 0 Å². The fourth-order valence-corrected chi connectivity index (χ4v) is 2.53. The van der Waals surface area contributed by atoms with Crippen molar-refractivity contribution in [1.29, 1.82) is 0 Å². The van der Waals surface area contributed by atoms with Crippen LogP contribution in [-0.2, 0) is 0 Å². The fraction of sp³-hybridized carbons (Fsp3) is 0.455. The summed E-state index contributed by atoms with van der Waals surface area (Å²) in [6, 6.07) is 6.30. The zero-order chi connectivity index (χ0) is 9.97. The van der Waals surface area contributed by atoms with Crippen LogP contribution in [0.3, 0.4) is 0 Å². The van der Waals surface area contributed by atoms with Crippen molar-refractivity contribution in [3.63, 3.8) is 0 Å². The van der Waals surface area contributed by atoms with Crippen molar-refractivity contribution in [2.45, 2.75) is 18.8 Å². The zero-order valence-corrected chi connectivity index (χ0v) is 10.3. The van der Waals surface area contributed by atoms with E-state index in [4.69, 9.17) is 5.73 Å². The van der Waals surface area contributed by atoms with Gasteiger partial charge in [0.05, 0.1) is 0 Å². The molecular weight excluding hydrogens is 287 g/mol. The van der Waals surface area contributed by atoms with Gasteiger partial charge in [0.25, 0.3) is 0 Å². The summed E-state index contributed by atoms with van der Waals surface area (Å²) >= 11 is 2.34. The average molecular weight is 302 g/mol. The van der Waals surface area contributed by atoms with Crippen molar-refractivity contribution < 1.29 is 0 Å². The quantitative estimate of drug-likeness (QED) is 0.617. The number of hydrogen-bond acceptors (Lipinski definition) is 2. The second kappa shape index (κ2) is 4.49. The molecule has 2 rings (SSSR count). The minimum atomic E-state index is 0.610. The monoisotopic (exact) mass is 302 g/mol. The summed E-state index contributed by atoms with van der Waals surface area (Å²) in [6.45, 7) is 2.23. The summed E-state index contributed by atoms with van der Waals surface area (Å²) < 4.78 is 1.28. The number of nitrogens with two attached hydrogens (primary N) is 1. The van der Waals surface area contributed by atoms with E-state index in [0.717, 1.165) is 18.8 Å². The molecule has 1 aromatic carbocycles. The molecule has 0 aromatic heterocycles. The maximum Gasteiger partial charge on any atom is 0.0350 e. The molecule has 1 fully saturated rings. The summed E-state index contributed by atoms with van der Waals surface area (Å²) in [7, 11) is 0. The molecule has 0 bridgehead atoms. The predicted molar refractivity (Wildman–Crippen MR) is 68.4 cm³/mol. The number of rotatable bonds is 1. The molecule has 3 N–H and O–H groups in total. The van der Waals surface area contributed by atoms with Gasteiger partial charge in [-0.1, -0.05) is 0 Å². The van der Waals surface area contributed by atoms with Crippen LogP contribution < -0.4 is 11.1 Å². The molecule has 1 aromatic rings. The van der Waals surface area contributed by atoms with E-state index in [0.29, 0.717) is 5.92 Å². The van der Waals surface area contributed by atoms with E-state index in [1.165, 1.54) is 22.0 Å². The lowest BCUT2D eigenvalue weighted by atomic mass is 9.91. The maximum atomic E-state index is 5.99. The van der Waals surface area contributed by atoms with E-state index in [-0.39, 0.29) is 0 Å². The van der Waals surface area contributed by atoms with Crippen LogP contribution in [0.1, 0.15) is 24.3 Å². The molecule has 0 aliphatic carbocycles. The largest absolute Gasteiger partial charge is 0.398 e. The first kappa shape index (κ1) is 10.2. The molecule has 1 atom stereocenters. The van der Waals surface area contributed by atoms with Crippen LogP contribution >= 0.6 is 22.6 Å². The minimum absolute atomic E-state index is 0.610. The number of halogens is 1. The molecule has 1 aliphatic heterocycles. The molecular formula is C11H15IN2. The molecule has 1 heterocycles. The summed E-state index contributed by atoms with van der Waals surface area (Å²) in [6.07, 6.45) is 2.52. The molecule has 0 spiro atoms. The number of nitrogens with one attached hydrogen (secondary N) is 1. The van der Waals surface area contributed by atoms with Crippen molar-refractivity contribution in [1.82, 2.24) is 5.32 Å². The Morgan fingerprint density at radius 2 is 2.29 bits per heavy atom. The number of hydrogen-bond donors (Lipinski definition) is 2. The first-order valence-electron chi connectivity index (χ1n) is 5.03. The maximum absolute atomic E-state index is 5.99. The van der Waals surface area contributed by atoms with Crippen LogP contribution in [-0.4, -0.2) is 13.1 Å². The van der Waals surface area contributed by atoms with Gasteiger partial charge in [-0.15, -0.1) is 0 Å². The van der Waals surface area contributed by atoms with Crippen LogP contribution in [0, 0.1) is 3.57 Å². The zero-order valence-electron chi connectivity index (χ0n) is 8.09. The van der Waals surface area contributed by atoms with Crippen molar-refractivity contribution in [3.8, 4) is 0 Å². The average Bonchev–Trinajstić information content (AvgIpc) is 2.23. The highest BCUT2D eigenvalue weighted by Gasteiger charge is 2.17. The Bertz CT molecular complexity index is 319. The Labute approximate surface area is 98.4 Å². The first-order valence-corrected chi connectivity index (χ1v) is 6.11. The molecule has 14 heavy (non-hydrogen) atoms. The number of piperidine rings is 1. The second-order valence-corrected chi connectivity index (χ2v) is 5.06. The number of benzene rings is 1. The third-order valence-electron chi connectivity index (χ3n) is 2.79. The first-order chi connectivity index (χ1) is 6.77. The fourth-order valence-electron chi connectivity index (χ4n) is 2.02. The Kier molecular flexibility index (Phi) is 3.28. The summed E-state index contributed by atoms with van der Waals surface area (Å²) in [5, 5.41) is 3.42. The molecule has 2 nitrogen and oxygen atoms in total. The van der Waals surface area contributed by atoms with Gasteiger partial charge in [0, 0.05) is 15.8 Å². The molecule has 1 saturated heterocycles. The normalized spacial score (nSPS) is 22.2. The highest BCUT2D eigenvalue weighted by molar-refractivity contribution is 14.1. The van der Waals surface area contributed by atoms with Gasteiger partial charge in [0.1, 0.15) is 0 Å². The van der Waals surface area contributed by atoms with E-state index >= 15 is 0 Å². The van der Waals surface area contributed by atoms with Crippen LogP contribution in [0.2, 0.25) is 0 Å². The molecule has 3 heteroatoms. The summed E-state index contributed by atoms with van der Waals surface area (Å²) in [4.78, 5) is 0. The van der Waals surface area contributed by atoms with Crippen molar-refractivity contribution in [3.05, 3.63) is 27.3 Å². The predicted octanol–water partition coefficient (Wildman–Crippen LogP) is 2.34. The number of nitrogen functional groups attached to an aromatic ring is 1. The Morgan fingerprint density at radius 1 is 1.43 bits per heavy atom. The van der Waals surface area contributed by atoms with E-state index in [1.54, 1.807) is 0 Å². The number of anilines is 1. The molecule has 76 valence electrons. The van der Waals surface area contributed by atoms with Crippen LogP contribution in [0.4, 0.5) is 5.69 Å².